The van der Waals surface area contributed by atoms with Gasteiger partial charge in [-0.2, -0.15) is 0 Å². The molecule has 0 saturated carbocycles. The predicted molar refractivity (Wildman–Crippen MR) is 125 cm³/mol. The molecule has 3 rings (SSSR count). The van der Waals surface area contributed by atoms with Crippen LogP contribution in [0.1, 0.15) is 24.2 Å². The second-order valence-corrected chi connectivity index (χ2v) is 8.32. The lowest BCUT2D eigenvalue weighted by atomic mass is 10.2. The molecule has 0 atom stereocenters. The average molecular weight is 503 g/mol. The summed E-state index contributed by atoms with van der Waals surface area (Å²) in [4.78, 5) is 22.1. The number of thiazole rings is 1. The van der Waals surface area contributed by atoms with Gasteiger partial charge in [0.25, 0.3) is 5.91 Å². The Hall–Kier alpha value is -1.18. The number of carbonyl (C=O) groups excluding carboxylic acids is 1. The van der Waals surface area contributed by atoms with E-state index in [0.29, 0.717) is 22.3 Å². The molecule has 1 aromatic heterocycles. The summed E-state index contributed by atoms with van der Waals surface area (Å²) in [5.41, 5.74) is 1.37. The van der Waals surface area contributed by atoms with Gasteiger partial charge in [-0.1, -0.05) is 55.0 Å². The van der Waals surface area contributed by atoms with E-state index >= 15 is 0 Å². The van der Waals surface area contributed by atoms with Crippen LogP contribution in [-0.4, -0.2) is 42.0 Å². The Labute approximate surface area is 189 Å². The Morgan fingerprint density at radius 1 is 1.11 bits per heavy atom. The summed E-state index contributed by atoms with van der Waals surface area (Å²) in [6, 6.07) is 13.2. The van der Waals surface area contributed by atoms with Gasteiger partial charge in [-0.25, -0.2) is 4.98 Å². The first-order valence-corrected chi connectivity index (χ1v) is 10.9. The largest absolute Gasteiger partial charge is 0.302 e. The highest BCUT2D eigenvalue weighted by molar-refractivity contribution is 9.10. The topological polar surface area (TPSA) is 36.4 Å². The van der Waals surface area contributed by atoms with Crippen LogP contribution < -0.4 is 4.90 Å². The van der Waals surface area contributed by atoms with Gasteiger partial charge in [0.05, 0.1) is 15.3 Å². The van der Waals surface area contributed by atoms with Gasteiger partial charge in [0.15, 0.2) is 5.13 Å². The molecule has 0 aliphatic heterocycles. The van der Waals surface area contributed by atoms with Crippen molar-refractivity contribution < 1.29 is 4.79 Å². The van der Waals surface area contributed by atoms with Crippen LogP contribution in [0.3, 0.4) is 0 Å². The molecule has 0 bridgehead atoms. The third-order valence-corrected chi connectivity index (χ3v) is 6.51. The van der Waals surface area contributed by atoms with Crippen LogP contribution in [-0.2, 0) is 0 Å². The summed E-state index contributed by atoms with van der Waals surface area (Å²) in [6.45, 7) is 7.49. The molecule has 0 radical (unpaired) electrons. The minimum atomic E-state index is -0.0650. The summed E-state index contributed by atoms with van der Waals surface area (Å²) in [5, 5.41) is 1.28. The normalized spacial score (nSPS) is 10.9. The lowest BCUT2D eigenvalue weighted by molar-refractivity contribution is 0.0983. The molecule has 0 aliphatic carbocycles. The first kappa shape index (κ1) is 23.1. The number of nitrogens with zero attached hydrogens (tertiary/aromatic N) is 3. The lowest BCUT2D eigenvalue weighted by Crippen LogP contribution is -2.39. The third kappa shape index (κ3) is 5.05. The highest BCUT2D eigenvalue weighted by Crippen LogP contribution is 2.34. The molecule has 28 heavy (non-hydrogen) atoms. The Kier molecular flexibility index (Phi) is 8.71. The predicted octanol–water partition coefficient (Wildman–Crippen LogP) is 6.12. The van der Waals surface area contributed by atoms with Gasteiger partial charge in [0.2, 0.25) is 0 Å². The Bertz CT molecular complexity index is 946. The lowest BCUT2D eigenvalue weighted by Gasteiger charge is -2.25. The zero-order valence-corrected chi connectivity index (χ0v) is 19.7. The van der Waals surface area contributed by atoms with E-state index in [1.807, 2.05) is 42.5 Å². The minimum absolute atomic E-state index is 0. The van der Waals surface area contributed by atoms with Gasteiger partial charge in [-0.05, 0) is 53.3 Å². The fraction of sp³-hybridized carbons (Fsp3) is 0.300. The van der Waals surface area contributed by atoms with E-state index in [1.54, 1.807) is 4.90 Å². The third-order valence-electron chi connectivity index (χ3n) is 4.47. The summed E-state index contributed by atoms with van der Waals surface area (Å²) < 4.78 is 1.76. The maximum Gasteiger partial charge on any atom is 0.261 e. The van der Waals surface area contributed by atoms with Crippen molar-refractivity contribution in [3.63, 3.8) is 0 Å². The summed E-state index contributed by atoms with van der Waals surface area (Å²) >= 11 is 11.3. The van der Waals surface area contributed by atoms with E-state index in [-0.39, 0.29) is 18.3 Å². The number of fused-ring (bicyclic) bond motifs is 1. The zero-order chi connectivity index (χ0) is 19.4. The second kappa shape index (κ2) is 10.6. The van der Waals surface area contributed by atoms with Crippen LogP contribution in [0, 0.1) is 0 Å². The second-order valence-electron chi connectivity index (χ2n) is 6.05. The van der Waals surface area contributed by atoms with Gasteiger partial charge in [-0.15, -0.1) is 12.4 Å². The van der Waals surface area contributed by atoms with Crippen LogP contribution in [0.4, 0.5) is 5.13 Å². The van der Waals surface area contributed by atoms with E-state index in [2.05, 4.69) is 39.7 Å². The van der Waals surface area contributed by atoms with Gasteiger partial charge >= 0.3 is 0 Å². The van der Waals surface area contributed by atoms with E-state index < -0.39 is 0 Å². The number of halogens is 3. The molecule has 3 aromatic rings. The molecular formula is C20H22BrCl2N3OS. The van der Waals surface area contributed by atoms with E-state index in [0.717, 1.165) is 34.3 Å². The average Bonchev–Trinajstić information content (AvgIpc) is 3.10. The van der Waals surface area contributed by atoms with E-state index in [9.17, 15) is 4.79 Å². The first-order chi connectivity index (χ1) is 13.0. The quantitative estimate of drug-likeness (QED) is 0.390. The molecule has 0 unspecified atom stereocenters. The molecular weight excluding hydrogens is 481 g/mol. The molecule has 1 heterocycles. The summed E-state index contributed by atoms with van der Waals surface area (Å²) in [7, 11) is 0. The number of rotatable bonds is 7. The first-order valence-electron chi connectivity index (χ1n) is 8.89. The number of anilines is 1. The highest BCUT2D eigenvalue weighted by Gasteiger charge is 2.23. The Morgan fingerprint density at radius 3 is 2.46 bits per heavy atom. The van der Waals surface area contributed by atoms with Crippen molar-refractivity contribution >= 4 is 72.5 Å². The molecule has 0 fully saturated rings. The van der Waals surface area contributed by atoms with Gasteiger partial charge in [-0.3, -0.25) is 9.69 Å². The van der Waals surface area contributed by atoms with Crippen molar-refractivity contribution in [2.24, 2.45) is 0 Å². The summed E-state index contributed by atoms with van der Waals surface area (Å²) in [5.74, 6) is -0.0650. The monoisotopic (exact) mass is 501 g/mol. The molecule has 0 aliphatic rings. The standard InChI is InChI=1S/C20H21BrClN3OS.ClH/c1-3-24(4-2)12-13-25(19(26)14-8-5-6-9-15(14)21)20-23-18-16(22)10-7-11-17(18)27-20;/h5-11H,3-4,12-13H2,1-2H3;1H. The molecule has 0 spiro atoms. The van der Waals surface area contributed by atoms with Crippen molar-refractivity contribution in [3.05, 3.63) is 57.5 Å². The number of hydrogen-bond donors (Lipinski definition) is 0. The van der Waals surface area contributed by atoms with Crippen molar-refractivity contribution in [2.45, 2.75) is 13.8 Å². The molecule has 0 N–H and O–H groups in total. The number of aromatic nitrogens is 1. The Balaban J connectivity index is 0.00000280. The highest BCUT2D eigenvalue weighted by atomic mass is 79.9. The molecule has 8 heteroatoms. The number of likely N-dealkylation sites (N-methyl/N-ethyl adjacent to an activating group) is 1. The van der Waals surface area contributed by atoms with Crippen molar-refractivity contribution in [3.8, 4) is 0 Å². The van der Waals surface area contributed by atoms with Gasteiger partial charge in [0.1, 0.15) is 5.52 Å². The fourth-order valence-corrected chi connectivity index (χ4v) is 4.61. The molecule has 0 saturated heterocycles. The van der Waals surface area contributed by atoms with E-state index in [1.165, 1.54) is 11.3 Å². The smallest absolute Gasteiger partial charge is 0.261 e. The SMILES string of the molecule is CCN(CC)CCN(C(=O)c1ccccc1Br)c1nc2c(Cl)cccc2s1.Cl. The van der Waals surface area contributed by atoms with Gasteiger partial charge in [0, 0.05) is 17.6 Å². The number of para-hydroxylation sites is 1. The van der Waals surface area contributed by atoms with Crippen LogP contribution in [0.5, 0.6) is 0 Å². The number of hydrogen-bond acceptors (Lipinski definition) is 4. The van der Waals surface area contributed by atoms with Crippen molar-refractivity contribution in [1.82, 2.24) is 9.88 Å². The molecule has 2 aromatic carbocycles. The van der Waals surface area contributed by atoms with Crippen molar-refractivity contribution in [1.29, 1.82) is 0 Å². The number of benzene rings is 2. The number of amides is 1. The molecule has 1 amide bonds. The van der Waals surface area contributed by atoms with Crippen molar-refractivity contribution in [2.75, 3.05) is 31.1 Å². The molecule has 4 nitrogen and oxygen atoms in total. The maximum absolute atomic E-state index is 13.3. The van der Waals surface area contributed by atoms with Crippen LogP contribution in [0.2, 0.25) is 5.02 Å². The van der Waals surface area contributed by atoms with Crippen LogP contribution >= 0.6 is 51.3 Å². The minimum Gasteiger partial charge on any atom is -0.302 e. The zero-order valence-electron chi connectivity index (χ0n) is 15.7. The molecule has 150 valence electrons. The van der Waals surface area contributed by atoms with Crippen LogP contribution in [0.25, 0.3) is 10.2 Å². The van der Waals surface area contributed by atoms with Gasteiger partial charge < -0.3 is 4.90 Å². The van der Waals surface area contributed by atoms with Crippen LogP contribution in [0.15, 0.2) is 46.9 Å². The maximum atomic E-state index is 13.3. The van der Waals surface area contributed by atoms with E-state index in [4.69, 9.17) is 11.6 Å². The summed E-state index contributed by atoms with van der Waals surface area (Å²) in [6.07, 6.45) is 0. The Morgan fingerprint density at radius 2 is 1.82 bits per heavy atom. The number of carbonyl (C=O) groups is 1. The fourth-order valence-electron chi connectivity index (χ4n) is 2.86.